The number of hydrogen-bond donors (Lipinski definition) is 4. The predicted octanol–water partition coefficient (Wildman–Crippen LogP) is -1.31. The smallest absolute Gasteiger partial charge is 0.326 e. The van der Waals surface area contributed by atoms with Crippen molar-refractivity contribution >= 4 is 23.9 Å². The van der Waals surface area contributed by atoms with Crippen molar-refractivity contribution in [3.63, 3.8) is 0 Å². The zero-order valence-corrected chi connectivity index (χ0v) is 10.7. The molecule has 108 valence electrons. The van der Waals surface area contributed by atoms with Crippen LogP contribution in [0, 0.1) is 0 Å². The molecule has 0 aromatic rings. The van der Waals surface area contributed by atoms with Gasteiger partial charge in [-0.25, -0.2) is 9.59 Å². The summed E-state index contributed by atoms with van der Waals surface area (Å²) in [6.45, 7) is -0.274. The van der Waals surface area contributed by atoms with Gasteiger partial charge in [-0.05, 0) is 6.42 Å². The van der Waals surface area contributed by atoms with Crippen molar-refractivity contribution in [2.45, 2.75) is 18.9 Å². The lowest BCUT2D eigenvalue weighted by atomic mass is 10.1. The van der Waals surface area contributed by atoms with Crippen molar-refractivity contribution in [3.05, 3.63) is 0 Å². The molecule has 0 heterocycles. The molecule has 0 aliphatic carbocycles. The fourth-order valence-electron chi connectivity index (χ4n) is 1.05. The van der Waals surface area contributed by atoms with Gasteiger partial charge in [0, 0.05) is 20.5 Å². The molecule has 0 aromatic carbocycles. The zero-order valence-electron chi connectivity index (χ0n) is 10.7. The molecule has 0 saturated carbocycles. The second kappa shape index (κ2) is 7.90. The molecule has 0 saturated heterocycles. The Hall–Kier alpha value is -2.32. The van der Waals surface area contributed by atoms with Gasteiger partial charge in [0.1, 0.15) is 6.04 Å². The van der Waals surface area contributed by atoms with Crippen LogP contribution in [-0.2, 0) is 14.4 Å². The van der Waals surface area contributed by atoms with Crippen LogP contribution in [-0.4, -0.2) is 65.7 Å². The van der Waals surface area contributed by atoms with E-state index in [0.717, 1.165) is 0 Å². The standard InChI is InChI=1S/C10H17N3O6/c1-13(2)7(14)5-11-10(19)12-6(9(17)18)3-4-8(15)16/h6H,3-5H2,1-2H3,(H,15,16)(H,17,18)(H2,11,12,19)/t6-/m0/s1. The number of carbonyl (C=O) groups excluding carboxylic acids is 2. The minimum Gasteiger partial charge on any atom is -0.481 e. The Bertz CT molecular complexity index is 368. The van der Waals surface area contributed by atoms with E-state index in [-0.39, 0.29) is 25.3 Å². The Labute approximate surface area is 109 Å². The van der Waals surface area contributed by atoms with Crippen LogP contribution in [0.15, 0.2) is 0 Å². The highest BCUT2D eigenvalue weighted by Crippen LogP contribution is 1.97. The van der Waals surface area contributed by atoms with Gasteiger partial charge in [0.2, 0.25) is 5.91 Å². The molecule has 0 spiro atoms. The molecule has 3 amide bonds. The first-order valence-corrected chi connectivity index (χ1v) is 5.43. The fourth-order valence-corrected chi connectivity index (χ4v) is 1.05. The van der Waals surface area contributed by atoms with Crippen LogP contribution < -0.4 is 10.6 Å². The van der Waals surface area contributed by atoms with Gasteiger partial charge in [0.15, 0.2) is 0 Å². The van der Waals surface area contributed by atoms with Crippen molar-refractivity contribution < 1.29 is 29.4 Å². The number of nitrogens with zero attached hydrogens (tertiary/aromatic N) is 1. The van der Waals surface area contributed by atoms with Gasteiger partial charge >= 0.3 is 18.0 Å². The van der Waals surface area contributed by atoms with E-state index in [1.165, 1.54) is 19.0 Å². The molecule has 4 N–H and O–H groups in total. The summed E-state index contributed by atoms with van der Waals surface area (Å²) in [4.78, 5) is 44.9. The van der Waals surface area contributed by atoms with Gasteiger partial charge in [-0.2, -0.15) is 0 Å². The number of amides is 3. The first-order chi connectivity index (χ1) is 8.73. The van der Waals surface area contributed by atoms with E-state index >= 15 is 0 Å². The minimum atomic E-state index is -1.34. The third kappa shape index (κ3) is 7.58. The van der Waals surface area contributed by atoms with E-state index in [2.05, 4.69) is 10.6 Å². The summed E-state index contributed by atoms with van der Waals surface area (Å²) in [7, 11) is 3.02. The molecule has 0 aromatic heterocycles. The van der Waals surface area contributed by atoms with Crippen LogP contribution in [0.5, 0.6) is 0 Å². The van der Waals surface area contributed by atoms with Gasteiger partial charge in [0.25, 0.3) is 0 Å². The second-order valence-electron chi connectivity index (χ2n) is 3.94. The van der Waals surface area contributed by atoms with Gasteiger partial charge in [-0.1, -0.05) is 0 Å². The van der Waals surface area contributed by atoms with Crippen LogP contribution in [0.1, 0.15) is 12.8 Å². The molecule has 0 fully saturated rings. The van der Waals surface area contributed by atoms with Crippen molar-refractivity contribution in [1.29, 1.82) is 0 Å². The lowest BCUT2D eigenvalue weighted by Gasteiger charge is -2.15. The summed E-state index contributed by atoms with van der Waals surface area (Å²) in [6.07, 6.45) is -0.617. The number of rotatable bonds is 7. The van der Waals surface area contributed by atoms with Gasteiger partial charge in [-0.3, -0.25) is 9.59 Å². The van der Waals surface area contributed by atoms with Gasteiger partial charge < -0.3 is 25.7 Å². The normalized spacial score (nSPS) is 11.3. The molecule has 9 nitrogen and oxygen atoms in total. The number of aliphatic carboxylic acids is 2. The van der Waals surface area contributed by atoms with Crippen molar-refractivity contribution in [1.82, 2.24) is 15.5 Å². The largest absolute Gasteiger partial charge is 0.481 e. The molecule has 9 heteroatoms. The Morgan fingerprint density at radius 2 is 1.74 bits per heavy atom. The van der Waals surface area contributed by atoms with E-state index in [1.54, 1.807) is 0 Å². The molecule has 0 aliphatic rings. The maximum absolute atomic E-state index is 11.3. The van der Waals surface area contributed by atoms with E-state index in [0.29, 0.717) is 0 Å². The highest BCUT2D eigenvalue weighted by Gasteiger charge is 2.21. The maximum atomic E-state index is 11.3. The van der Waals surface area contributed by atoms with Crippen molar-refractivity contribution in [2.75, 3.05) is 20.6 Å². The highest BCUT2D eigenvalue weighted by atomic mass is 16.4. The monoisotopic (exact) mass is 275 g/mol. The second-order valence-corrected chi connectivity index (χ2v) is 3.94. The fraction of sp³-hybridized carbons (Fsp3) is 0.600. The van der Waals surface area contributed by atoms with E-state index < -0.39 is 24.0 Å². The summed E-state index contributed by atoms with van der Waals surface area (Å²) >= 11 is 0. The third-order valence-electron chi connectivity index (χ3n) is 2.15. The van der Waals surface area contributed by atoms with Crippen molar-refractivity contribution in [2.24, 2.45) is 0 Å². The minimum absolute atomic E-state index is 0.236. The first kappa shape index (κ1) is 16.7. The van der Waals surface area contributed by atoms with E-state index in [4.69, 9.17) is 10.2 Å². The molecule has 19 heavy (non-hydrogen) atoms. The summed E-state index contributed by atoms with van der Waals surface area (Å²) in [5, 5.41) is 21.5. The molecule has 0 rings (SSSR count). The SMILES string of the molecule is CN(C)C(=O)CNC(=O)N[C@@H](CCC(=O)O)C(=O)O. The number of carboxylic acids is 2. The summed E-state index contributed by atoms with van der Waals surface area (Å²) in [5.41, 5.74) is 0. The van der Waals surface area contributed by atoms with Gasteiger partial charge in [0.05, 0.1) is 6.54 Å². The average molecular weight is 275 g/mol. The number of likely N-dealkylation sites (N-methyl/N-ethyl adjacent to an activating group) is 1. The van der Waals surface area contributed by atoms with Gasteiger partial charge in [-0.15, -0.1) is 0 Å². The molecule has 0 radical (unpaired) electrons. The van der Waals surface area contributed by atoms with Crippen LogP contribution in [0.2, 0.25) is 0 Å². The van der Waals surface area contributed by atoms with Crippen LogP contribution in [0.4, 0.5) is 4.79 Å². The number of carbonyl (C=O) groups is 4. The Morgan fingerprint density at radius 3 is 2.16 bits per heavy atom. The third-order valence-corrected chi connectivity index (χ3v) is 2.15. The summed E-state index contributed by atoms with van der Waals surface area (Å²) in [5.74, 6) is -2.85. The Morgan fingerprint density at radius 1 is 1.16 bits per heavy atom. The lowest BCUT2D eigenvalue weighted by molar-refractivity contribution is -0.140. The zero-order chi connectivity index (χ0) is 15.0. The predicted molar refractivity (Wildman–Crippen MR) is 63.5 cm³/mol. The quantitative estimate of drug-likeness (QED) is 0.455. The molecule has 0 unspecified atom stereocenters. The molecular weight excluding hydrogens is 258 g/mol. The van der Waals surface area contributed by atoms with E-state index in [1.807, 2.05) is 0 Å². The van der Waals surface area contributed by atoms with E-state index in [9.17, 15) is 19.2 Å². The Kier molecular flexibility index (Phi) is 6.94. The van der Waals surface area contributed by atoms with Crippen LogP contribution in [0.25, 0.3) is 0 Å². The lowest BCUT2D eigenvalue weighted by Crippen LogP contribution is -2.48. The van der Waals surface area contributed by atoms with Crippen molar-refractivity contribution in [3.8, 4) is 0 Å². The summed E-state index contributed by atoms with van der Waals surface area (Å²) < 4.78 is 0. The highest BCUT2D eigenvalue weighted by molar-refractivity contribution is 5.86. The number of hydrogen-bond acceptors (Lipinski definition) is 4. The molecule has 1 atom stereocenters. The topological polar surface area (TPSA) is 136 Å². The summed E-state index contributed by atoms with van der Waals surface area (Å²) in [6, 6.07) is -2.15. The number of urea groups is 1. The first-order valence-electron chi connectivity index (χ1n) is 5.43. The van der Waals surface area contributed by atoms with Crippen LogP contribution in [0.3, 0.4) is 0 Å². The average Bonchev–Trinajstić information content (AvgIpc) is 2.30. The number of carboxylic acid groups (broad SMARTS) is 2. The maximum Gasteiger partial charge on any atom is 0.326 e. The molecule has 0 bridgehead atoms. The Balaban J connectivity index is 4.21. The van der Waals surface area contributed by atoms with Crippen LogP contribution >= 0.6 is 0 Å². The molecular formula is C10H17N3O6. The number of nitrogens with one attached hydrogen (secondary N) is 2. The molecule has 0 aliphatic heterocycles.